The minimum Gasteiger partial charge on any atom is -0.325 e. The van der Waals surface area contributed by atoms with E-state index in [4.69, 9.17) is 16.7 Å². The van der Waals surface area contributed by atoms with Crippen molar-refractivity contribution in [1.82, 2.24) is 0 Å². The van der Waals surface area contributed by atoms with Crippen LogP contribution in [-0.2, 0) is 14.8 Å². The highest BCUT2D eigenvalue weighted by Gasteiger charge is 2.13. The standard InChI is InChI=1S/C14H13ClN2O3S2/c15-12-8-10(6-7-13(12)22(16,19)20)17-14(18)9-21-11-4-2-1-3-5-11/h1-8H,9H2,(H,17,18)(H2,16,19,20). The molecule has 0 bridgehead atoms. The molecule has 2 aromatic carbocycles. The van der Waals surface area contributed by atoms with E-state index in [0.717, 1.165) is 4.90 Å². The van der Waals surface area contributed by atoms with E-state index in [1.807, 2.05) is 30.3 Å². The molecule has 22 heavy (non-hydrogen) atoms. The highest BCUT2D eigenvalue weighted by Crippen LogP contribution is 2.24. The molecule has 1 amide bonds. The fourth-order valence-electron chi connectivity index (χ4n) is 1.67. The number of rotatable bonds is 5. The van der Waals surface area contributed by atoms with Crippen molar-refractivity contribution in [3.63, 3.8) is 0 Å². The molecule has 8 heteroatoms. The summed E-state index contributed by atoms with van der Waals surface area (Å²) in [5.74, 6) is 0.0201. The number of carbonyl (C=O) groups excluding carboxylic acids is 1. The number of hydrogen-bond donors (Lipinski definition) is 2. The van der Waals surface area contributed by atoms with Crippen molar-refractivity contribution < 1.29 is 13.2 Å². The van der Waals surface area contributed by atoms with Gasteiger partial charge in [0, 0.05) is 10.6 Å². The Morgan fingerprint density at radius 1 is 1.18 bits per heavy atom. The number of anilines is 1. The zero-order chi connectivity index (χ0) is 16.2. The Bertz CT molecular complexity index is 780. The number of nitrogens with one attached hydrogen (secondary N) is 1. The Morgan fingerprint density at radius 2 is 1.86 bits per heavy atom. The average molecular weight is 357 g/mol. The lowest BCUT2D eigenvalue weighted by Gasteiger charge is -2.07. The molecular formula is C14H13ClN2O3S2. The normalized spacial score (nSPS) is 11.2. The van der Waals surface area contributed by atoms with E-state index in [2.05, 4.69) is 5.32 Å². The Labute approximate surface area is 137 Å². The van der Waals surface area contributed by atoms with Crippen LogP contribution in [0.15, 0.2) is 58.3 Å². The number of primary sulfonamides is 1. The first-order valence-electron chi connectivity index (χ1n) is 6.16. The Balaban J connectivity index is 1.99. The van der Waals surface area contributed by atoms with Crippen LogP contribution in [0.5, 0.6) is 0 Å². The molecule has 2 rings (SSSR count). The number of halogens is 1. The molecule has 0 radical (unpaired) electrons. The molecule has 2 aromatic rings. The van der Waals surface area contributed by atoms with Crippen LogP contribution in [0.1, 0.15) is 0 Å². The van der Waals surface area contributed by atoms with E-state index in [1.54, 1.807) is 0 Å². The first-order chi connectivity index (χ1) is 10.4. The SMILES string of the molecule is NS(=O)(=O)c1ccc(NC(=O)CSc2ccccc2)cc1Cl. The van der Waals surface area contributed by atoms with Gasteiger partial charge in [0.2, 0.25) is 15.9 Å². The van der Waals surface area contributed by atoms with Crippen LogP contribution in [0.4, 0.5) is 5.69 Å². The van der Waals surface area contributed by atoms with Crippen molar-refractivity contribution in [1.29, 1.82) is 0 Å². The number of benzene rings is 2. The second kappa shape index (κ2) is 7.15. The average Bonchev–Trinajstić information content (AvgIpc) is 2.45. The molecule has 116 valence electrons. The van der Waals surface area contributed by atoms with E-state index in [-0.39, 0.29) is 21.6 Å². The van der Waals surface area contributed by atoms with Gasteiger partial charge in [0.05, 0.1) is 10.8 Å². The largest absolute Gasteiger partial charge is 0.325 e. The topological polar surface area (TPSA) is 89.3 Å². The molecule has 0 aliphatic heterocycles. The number of amides is 1. The van der Waals surface area contributed by atoms with Crippen molar-refractivity contribution in [2.24, 2.45) is 5.14 Å². The van der Waals surface area contributed by atoms with Gasteiger partial charge in [-0.3, -0.25) is 4.79 Å². The van der Waals surface area contributed by atoms with Gasteiger partial charge in [-0.2, -0.15) is 0 Å². The summed E-state index contributed by atoms with van der Waals surface area (Å²) in [6, 6.07) is 13.6. The predicted molar refractivity (Wildman–Crippen MR) is 88.6 cm³/mol. The summed E-state index contributed by atoms with van der Waals surface area (Å²) in [4.78, 5) is 12.7. The number of nitrogens with two attached hydrogens (primary N) is 1. The number of thioether (sulfide) groups is 1. The van der Waals surface area contributed by atoms with Crippen molar-refractivity contribution >= 4 is 45.0 Å². The molecule has 0 atom stereocenters. The third kappa shape index (κ3) is 4.74. The molecule has 0 unspecified atom stereocenters. The molecule has 0 aliphatic carbocycles. The molecule has 0 fully saturated rings. The second-order valence-electron chi connectivity index (χ2n) is 4.34. The molecule has 0 saturated heterocycles. The minimum atomic E-state index is -3.87. The van der Waals surface area contributed by atoms with Gasteiger partial charge in [-0.1, -0.05) is 29.8 Å². The molecular weight excluding hydrogens is 344 g/mol. The summed E-state index contributed by atoms with van der Waals surface area (Å²) in [6.45, 7) is 0. The van der Waals surface area contributed by atoms with Crippen LogP contribution >= 0.6 is 23.4 Å². The number of sulfonamides is 1. The lowest BCUT2D eigenvalue weighted by Crippen LogP contribution is -2.15. The van der Waals surface area contributed by atoms with Gasteiger partial charge in [-0.25, -0.2) is 13.6 Å². The van der Waals surface area contributed by atoms with Crippen LogP contribution in [0.3, 0.4) is 0 Å². The van der Waals surface area contributed by atoms with Crippen molar-refractivity contribution in [2.45, 2.75) is 9.79 Å². The molecule has 0 aromatic heterocycles. The van der Waals surface area contributed by atoms with Gasteiger partial charge < -0.3 is 5.32 Å². The van der Waals surface area contributed by atoms with Crippen LogP contribution in [0, 0.1) is 0 Å². The smallest absolute Gasteiger partial charge is 0.239 e. The number of carbonyl (C=O) groups is 1. The van der Waals surface area contributed by atoms with Gasteiger partial charge >= 0.3 is 0 Å². The summed E-state index contributed by atoms with van der Waals surface area (Å²) in [7, 11) is -3.87. The Kier molecular flexibility index (Phi) is 5.47. The molecule has 5 nitrogen and oxygen atoms in total. The highest BCUT2D eigenvalue weighted by molar-refractivity contribution is 8.00. The number of hydrogen-bond acceptors (Lipinski definition) is 4. The summed E-state index contributed by atoms with van der Waals surface area (Å²) in [5, 5.41) is 7.64. The van der Waals surface area contributed by atoms with Gasteiger partial charge in [0.15, 0.2) is 0 Å². The zero-order valence-electron chi connectivity index (χ0n) is 11.3. The maximum atomic E-state index is 11.9. The quantitative estimate of drug-likeness (QED) is 0.806. The third-order valence-corrected chi connectivity index (χ3v) is 5.04. The Hall–Kier alpha value is -1.54. The summed E-state index contributed by atoms with van der Waals surface area (Å²) < 4.78 is 22.5. The first kappa shape index (κ1) is 16.8. The van der Waals surface area contributed by atoms with Crippen molar-refractivity contribution in [2.75, 3.05) is 11.1 Å². The third-order valence-electron chi connectivity index (χ3n) is 2.64. The van der Waals surface area contributed by atoms with E-state index in [9.17, 15) is 13.2 Å². The van der Waals surface area contributed by atoms with Crippen LogP contribution in [-0.4, -0.2) is 20.1 Å². The summed E-state index contributed by atoms with van der Waals surface area (Å²) >= 11 is 7.25. The van der Waals surface area contributed by atoms with E-state index in [1.165, 1.54) is 30.0 Å². The van der Waals surface area contributed by atoms with Crippen molar-refractivity contribution in [3.8, 4) is 0 Å². The zero-order valence-corrected chi connectivity index (χ0v) is 13.7. The van der Waals surface area contributed by atoms with Gasteiger partial charge in [-0.15, -0.1) is 11.8 Å². The van der Waals surface area contributed by atoms with E-state index < -0.39 is 10.0 Å². The molecule has 0 saturated carbocycles. The lowest BCUT2D eigenvalue weighted by atomic mass is 10.3. The first-order valence-corrected chi connectivity index (χ1v) is 9.07. The summed E-state index contributed by atoms with van der Waals surface area (Å²) in [6.07, 6.45) is 0. The highest BCUT2D eigenvalue weighted by atomic mass is 35.5. The second-order valence-corrected chi connectivity index (χ2v) is 7.33. The van der Waals surface area contributed by atoms with Gasteiger partial charge in [0.1, 0.15) is 4.90 Å². The van der Waals surface area contributed by atoms with Crippen LogP contribution in [0.25, 0.3) is 0 Å². The maximum Gasteiger partial charge on any atom is 0.239 e. The monoisotopic (exact) mass is 356 g/mol. The molecule has 0 heterocycles. The fraction of sp³-hybridized carbons (Fsp3) is 0.0714. The van der Waals surface area contributed by atoms with Crippen molar-refractivity contribution in [3.05, 3.63) is 53.6 Å². The molecule has 0 aliphatic rings. The molecule has 3 N–H and O–H groups in total. The van der Waals surface area contributed by atoms with Crippen LogP contribution < -0.4 is 10.5 Å². The Morgan fingerprint density at radius 3 is 2.45 bits per heavy atom. The van der Waals surface area contributed by atoms with E-state index >= 15 is 0 Å². The predicted octanol–water partition coefficient (Wildman–Crippen LogP) is 2.72. The fourth-order valence-corrected chi connectivity index (χ4v) is 3.48. The van der Waals surface area contributed by atoms with E-state index in [0.29, 0.717) is 5.69 Å². The van der Waals surface area contributed by atoms with Crippen LogP contribution in [0.2, 0.25) is 5.02 Å². The maximum absolute atomic E-state index is 11.9. The molecule has 0 spiro atoms. The summed E-state index contributed by atoms with van der Waals surface area (Å²) in [5.41, 5.74) is 0.413. The lowest BCUT2D eigenvalue weighted by molar-refractivity contribution is -0.113. The van der Waals surface area contributed by atoms with Gasteiger partial charge in [0.25, 0.3) is 0 Å². The minimum absolute atomic E-state index is 0.0315. The van der Waals surface area contributed by atoms with Gasteiger partial charge in [-0.05, 0) is 30.3 Å².